The quantitative estimate of drug-likeness (QED) is 0.162. The van der Waals surface area contributed by atoms with Gasteiger partial charge in [0.05, 0.1) is 61.2 Å². The molecule has 0 aromatic carbocycles. The number of amides is 2. The second-order valence-electron chi connectivity index (χ2n) is 15.1. The molecule has 0 saturated carbocycles. The predicted octanol–water partition coefficient (Wildman–Crippen LogP) is 3.67. The minimum atomic E-state index is -0.288. The van der Waals surface area contributed by atoms with Crippen molar-refractivity contribution in [3.63, 3.8) is 0 Å². The van der Waals surface area contributed by atoms with Gasteiger partial charge < -0.3 is 49.6 Å². The molecule has 8 heterocycles. The van der Waals surface area contributed by atoms with Crippen LogP contribution in [-0.2, 0) is 13.1 Å². The van der Waals surface area contributed by atoms with Crippen molar-refractivity contribution in [2.24, 2.45) is 0 Å². The fraction of sp³-hybridized carbons (Fsp3) is 0.476. The number of anilines is 2. The van der Waals surface area contributed by atoms with E-state index in [1.54, 1.807) is 38.4 Å². The first-order valence-corrected chi connectivity index (χ1v) is 19.9. The summed E-state index contributed by atoms with van der Waals surface area (Å²) in [5, 5.41) is 23.7. The summed E-state index contributed by atoms with van der Waals surface area (Å²) < 4.78 is 23.1. The van der Waals surface area contributed by atoms with Crippen LogP contribution in [0.15, 0.2) is 48.8 Å². The van der Waals surface area contributed by atoms with Gasteiger partial charge in [-0.05, 0) is 63.1 Å². The molecule has 4 aromatic rings. The topological polar surface area (TPSA) is 194 Å². The third-order valence-corrected chi connectivity index (χ3v) is 10.5. The number of ether oxygens (including phenoxy) is 4. The molecule has 0 aliphatic carbocycles. The highest BCUT2D eigenvalue weighted by molar-refractivity contribution is 5.98. The SMILES string of the molecule is Cc1cc2c(nc1N1CCC(Oc3ccc(O[C@@H](C)CO)nc3)CC1)CNC2=O.Cc1cc2c(nc1N1CCC(Oc3ccc(O[C@H](C)CO)nc3)CC1)CNC2=O. The Bertz CT molecular complexity index is 1900. The van der Waals surface area contributed by atoms with Crippen LogP contribution in [0, 0.1) is 13.8 Å². The molecule has 4 aliphatic rings. The number of rotatable bonds is 12. The molecule has 2 saturated heterocycles. The van der Waals surface area contributed by atoms with Gasteiger partial charge in [-0.25, -0.2) is 19.9 Å². The van der Waals surface area contributed by atoms with E-state index in [2.05, 4.69) is 30.4 Å². The van der Waals surface area contributed by atoms with Crippen molar-refractivity contribution in [3.8, 4) is 23.3 Å². The van der Waals surface area contributed by atoms with Crippen LogP contribution in [-0.4, -0.2) is 106 Å². The van der Waals surface area contributed by atoms with Crippen LogP contribution in [0.25, 0.3) is 0 Å². The zero-order valence-electron chi connectivity index (χ0n) is 33.4. The number of carbonyl (C=O) groups excluding carboxylic acids is 2. The summed E-state index contributed by atoms with van der Waals surface area (Å²) in [5.41, 5.74) is 5.10. The largest absolute Gasteiger partial charge is 0.489 e. The van der Waals surface area contributed by atoms with Gasteiger partial charge in [0.25, 0.3) is 11.8 Å². The normalized spacial score (nSPS) is 17.6. The molecular formula is C42H52N8O8. The summed E-state index contributed by atoms with van der Waals surface area (Å²) in [6, 6.07) is 11.1. The molecule has 2 amide bonds. The average molecular weight is 797 g/mol. The van der Waals surface area contributed by atoms with Crippen molar-refractivity contribution in [3.05, 3.63) is 82.4 Å². The highest BCUT2D eigenvalue weighted by Gasteiger charge is 2.28. The number of piperidine rings is 2. The number of hydrogen-bond acceptors (Lipinski definition) is 14. The molecule has 2 fully saturated rings. The molecular weight excluding hydrogens is 745 g/mol. The molecule has 16 heteroatoms. The Morgan fingerprint density at radius 1 is 0.672 bits per heavy atom. The average Bonchev–Trinajstić information content (AvgIpc) is 3.79. The molecule has 8 rings (SSSR count). The molecule has 0 radical (unpaired) electrons. The molecule has 308 valence electrons. The first-order chi connectivity index (χ1) is 28.1. The fourth-order valence-corrected chi connectivity index (χ4v) is 7.36. The van der Waals surface area contributed by atoms with Crippen LogP contribution in [0.5, 0.6) is 23.3 Å². The van der Waals surface area contributed by atoms with Gasteiger partial charge in [-0.2, -0.15) is 0 Å². The molecule has 2 atom stereocenters. The van der Waals surface area contributed by atoms with Crippen molar-refractivity contribution in [1.29, 1.82) is 0 Å². The number of pyridine rings is 4. The van der Waals surface area contributed by atoms with E-state index in [1.807, 2.05) is 38.1 Å². The molecule has 4 aromatic heterocycles. The summed E-state index contributed by atoms with van der Waals surface area (Å²) in [4.78, 5) is 46.1. The van der Waals surface area contributed by atoms with Crippen LogP contribution >= 0.6 is 0 Å². The first kappa shape index (κ1) is 40.5. The number of aliphatic hydroxyl groups is 2. The zero-order chi connectivity index (χ0) is 40.8. The van der Waals surface area contributed by atoms with Gasteiger partial charge in [-0.3, -0.25) is 9.59 Å². The highest BCUT2D eigenvalue weighted by Crippen LogP contribution is 2.30. The van der Waals surface area contributed by atoms with Crippen molar-refractivity contribution in [1.82, 2.24) is 30.6 Å². The zero-order valence-corrected chi connectivity index (χ0v) is 33.4. The molecule has 4 N–H and O–H groups in total. The lowest BCUT2D eigenvalue weighted by Gasteiger charge is -2.33. The number of aryl methyl sites for hydroxylation is 2. The maximum Gasteiger partial charge on any atom is 0.253 e. The third-order valence-electron chi connectivity index (χ3n) is 10.5. The Balaban J connectivity index is 0.000000177. The highest BCUT2D eigenvalue weighted by atomic mass is 16.5. The van der Waals surface area contributed by atoms with E-state index in [9.17, 15) is 9.59 Å². The summed E-state index contributed by atoms with van der Waals surface area (Å²) >= 11 is 0. The Morgan fingerprint density at radius 2 is 1.07 bits per heavy atom. The predicted molar refractivity (Wildman–Crippen MR) is 215 cm³/mol. The van der Waals surface area contributed by atoms with Gasteiger partial charge in [0.1, 0.15) is 47.6 Å². The van der Waals surface area contributed by atoms with Crippen molar-refractivity contribution in [2.45, 2.75) is 90.9 Å². The van der Waals surface area contributed by atoms with Crippen molar-refractivity contribution >= 4 is 23.5 Å². The van der Waals surface area contributed by atoms with Gasteiger partial charge >= 0.3 is 0 Å². The molecule has 16 nitrogen and oxygen atoms in total. The summed E-state index contributed by atoms with van der Waals surface area (Å²) in [7, 11) is 0. The molecule has 0 bridgehead atoms. The minimum Gasteiger partial charge on any atom is -0.489 e. The molecule has 4 aliphatic heterocycles. The Labute approximate surface area is 337 Å². The number of carbonyl (C=O) groups is 2. The number of nitrogens with one attached hydrogen (secondary N) is 2. The first-order valence-electron chi connectivity index (χ1n) is 19.9. The van der Waals surface area contributed by atoms with E-state index in [1.165, 1.54) is 0 Å². The van der Waals surface area contributed by atoms with E-state index in [-0.39, 0.29) is 49.4 Å². The van der Waals surface area contributed by atoms with Gasteiger partial charge in [-0.15, -0.1) is 0 Å². The van der Waals surface area contributed by atoms with Crippen LogP contribution < -0.4 is 39.4 Å². The monoisotopic (exact) mass is 796 g/mol. The summed E-state index contributed by atoms with van der Waals surface area (Å²) in [6.07, 6.45) is 6.51. The van der Waals surface area contributed by atoms with Gasteiger partial charge in [0.2, 0.25) is 11.8 Å². The van der Waals surface area contributed by atoms with Crippen LogP contribution in [0.1, 0.15) is 82.8 Å². The summed E-state index contributed by atoms with van der Waals surface area (Å²) in [6.45, 7) is 11.9. The lowest BCUT2D eigenvalue weighted by atomic mass is 10.1. The number of aliphatic hydroxyl groups excluding tert-OH is 2. The van der Waals surface area contributed by atoms with E-state index in [0.717, 1.165) is 86.0 Å². The summed E-state index contributed by atoms with van der Waals surface area (Å²) in [5.74, 6) is 4.21. The molecule has 0 spiro atoms. The lowest BCUT2D eigenvalue weighted by molar-refractivity contribution is 0.0957. The second-order valence-corrected chi connectivity index (χ2v) is 15.1. The lowest BCUT2D eigenvalue weighted by Crippen LogP contribution is -2.39. The second kappa shape index (κ2) is 18.2. The van der Waals surface area contributed by atoms with Gasteiger partial charge in [0, 0.05) is 64.0 Å². The number of fused-ring (bicyclic) bond motifs is 2. The molecule has 0 unspecified atom stereocenters. The Morgan fingerprint density at radius 3 is 1.41 bits per heavy atom. The maximum absolute atomic E-state index is 11.8. The van der Waals surface area contributed by atoms with E-state index in [0.29, 0.717) is 47.5 Å². The number of nitrogens with zero attached hydrogens (tertiary/aromatic N) is 6. The third kappa shape index (κ3) is 9.68. The minimum absolute atomic E-state index is 0.0369. The van der Waals surface area contributed by atoms with E-state index in [4.69, 9.17) is 39.1 Å². The number of aromatic nitrogens is 4. The Kier molecular flexibility index (Phi) is 12.7. The van der Waals surface area contributed by atoms with Crippen LogP contribution in [0.3, 0.4) is 0 Å². The maximum atomic E-state index is 11.8. The van der Waals surface area contributed by atoms with Gasteiger partial charge in [0.15, 0.2) is 0 Å². The van der Waals surface area contributed by atoms with Crippen molar-refractivity contribution < 1.29 is 38.7 Å². The standard InChI is InChI=1S/2C21H26N4O4/c2*1-13-9-17-18(11-23-21(17)27)24-20(13)25-7-5-15(6-8-25)29-16-3-4-19(22-10-16)28-14(2)12-26/h2*3-4,9-10,14-15,26H,5-8,11-12H2,1-2H3,(H,23,27)/t2*14-/m10/s1. The van der Waals surface area contributed by atoms with Gasteiger partial charge in [-0.1, -0.05) is 0 Å². The van der Waals surface area contributed by atoms with E-state index >= 15 is 0 Å². The van der Waals surface area contributed by atoms with Crippen molar-refractivity contribution in [2.75, 3.05) is 49.2 Å². The van der Waals surface area contributed by atoms with E-state index < -0.39 is 0 Å². The Hall–Kier alpha value is -5.74. The van der Waals surface area contributed by atoms with Crippen LogP contribution in [0.4, 0.5) is 11.6 Å². The molecule has 58 heavy (non-hydrogen) atoms. The van der Waals surface area contributed by atoms with Crippen LogP contribution in [0.2, 0.25) is 0 Å². The smallest absolute Gasteiger partial charge is 0.253 e. The number of hydrogen-bond donors (Lipinski definition) is 4. The fourth-order valence-electron chi connectivity index (χ4n) is 7.36.